The largest absolute Gasteiger partial charge is 0.504 e. The fourth-order valence-corrected chi connectivity index (χ4v) is 4.01. The molecule has 10 nitrogen and oxygen atoms in total. The van der Waals surface area contributed by atoms with Gasteiger partial charge in [0.25, 0.3) is 5.91 Å². The molecule has 10 heteroatoms. The van der Waals surface area contributed by atoms with E-state index in [0.717, 1.165) is 11.3 Å². The Morgan fingerprint density at radius 2 is 1.84 bits per heavy atom. The summed E-state index contributed by atoms with van der Waals surface area (Å²) in [6, 6.07) is 19.6. The zero-order valence-corrected chi connectivity index (χ0v) is 20.9. The second-order valence-electron chi connectivity index (χ2n) is 8.39. The number of hydrogen-bond donors (Lipinski definition) is 3. The number of hydrogen-bond acceptors (Lipinski definition) is 8. The third-order valence-corrected chi connectivity index (χ3v) is 5.92. The van der Waals surface area contributed by atoms with E-state index in [1.54, 1.807) is 25.5 Å². The van der Waals surface area contributed by atoms with Crippen molar-refractivity contribution >= 4 is 40.1 Å². The minimum atomic E-state index is -0.398. The molecule has 192 valence electrons. The molecule has 5 rings (SSSR count). The highest BCUT2D eigenvalue weighted by atomic mass is 16.5. The van der Waals surface area contributed by atoms with E-state index in [-0.39, 0.29) is 23.7 Å². The number of rotatable bonds is 8. The molecule has 0 fully saturated rings. The number of nitrogens with two attached hydrogens (primary N) is 1. The molecule has 0 spiro atoms. The number of carbonyl (C=O) groups is 1. The Morgan fingerprint density at radius 1 is 1.11 bits per heavy atom. The number of phenolic OH excluding ortho intramolecular Hbond substituents is 1. The number of benzene rings is 3. The first-order valence-corrected chi connectivity index (χ1v) is 12.0. The molecular weight excluding hydrogens is 484 g/mol. The summed E-state index contributed by atoms with van der Waals surface area (Å²) < 4.78 is 12.0. The third kappa shape index (κ3) is 4.79. The number of phenols is 1. The van der Waals surface area contributed by atoms with Gasteiger partial charge >= 0.3 is 0 Å². The maximum Gasteiger partial charge on any atom is 0.257 e. The van der Waals surface area contributed by atoms with Crippen LogP contribution in [0.15, 0.2) is 71.8 Å². The summed E-state index contributed by atoms with van der Waals surface area (Å²) in [5.41, 5.74) is 10.2. The van der Waals surface area contributed by atoms with Crippen LogP contribution in [0.1, 0.15) is 28.4 Å². The van der Waals surface area contributed by atoms with Crippen molar-refractivity contribution in [2.45, 2.75) is 13.5 Å². The average molecular weight is 511 g/mol. The van der Waals surface area contributed by atoms with Gasteiger partial charge in [-0.25, -0.2) is 9.97 Å². The van der Waals surface area contributed by atoms with E-state index in [2.05, 4.69) is 10.4 Å². The SMILES string of the molecule is CCOc1cc(/C=N/n2c(N)c(C(=O)NCc3ccc(OC)cc3)c3nc4ccccc4nc32)ccc1O. The standard InChI is InChI=1S/C28H26N6O4/c1-3-38-23-14-18(10-13-22(23)35)16-31-34-26(29)24(25-27(34)33-21-7-5-4-6-20(21)32-25)28(36)30-15-17-8-11-19(37-2)12-9-17/h4-14,16,35H,3,15,29H2,1-2H3,(H,30,36)/b31-16+. The predicted molar refractivity (Wildman–Crippen MR) is 146 cm³/mol. The van der Waals surface area contributed by atoms with E-state index in [9.17, 15) is 9.90 Å². The van der Waals surface area contributed by atoms with Gasteiger partial charge in [-0.3, -0.25) is 4.79 Å². The highest BCUT2D eigenvalue weighted by Crippen LogP contribution is 2.29. The molecule has 0 atom stereocenters. The number of nitrogen functional groups attached to an aromatic ring is 1. The third-order valence-electron chi connectivity index (χ3n) is 5.92. The lowest BCUT2D eigenvalue weighted by Crippen LogP contribution is -2.23. The number of carbonyl (C=O) groups excluding carboxylic acids is 1. The molecular formula is C28H26N6O4. The molecule has 5 aromatic rings. The lowest BCUT2D eigenvalue weighted by molar-refractivity contribution is 0.0953. The molecule has 0 aliphatic rings. The van der Waals surface area contributed by atoms with Crippen LogP contribution in [-0.4, -0.2) is 45.6 Å². The molecule has 0 unspecified atom stereocenters. The molecule has 2 heterocycles. The average Bonchev–Trinajstić information content (AvgIpc) is 3.21. The fourth-order valence-electron chi connectivity index (χ4n) is 4.01. The van der Waals surface area contributed by atoms with Crippen molar-refractivity contribution in [2.75, 3.05) is 19.5 Å². The number of fused-ring (bicyclic) bond motifs is 2. The minimum Gasteiger partial charge on any atom is -0.504 e. The van der Waals surface area contributed by atoms with E-state index < -0.39 is 5.91 Å². The Balaban J connectivity index is 1.54. The molecule has 4 N–H and O–H groups in total. The van der Waals surface area contributed by atoms with Gasteiger partial charge in [-0.15, -0.1) is 0 Å². The maximum absolute atomic E-state index is 13.4. The van der Waals surface area contributed by atoms with Crippen molar-refractivity contribution in [1.29, 1.82) is 0 Å². The van der Waals surface area contributed by atoms with E-state index in [1.165, 1.54) is 10.7 Å². The van der Waals surface area contributed by atoms with Gasteiger partial charge in [0.1, 0.15) is 22.6 Å². The van der Waals surface area contributed by atoms with Crippen LogP contribution in [0, 0.1) is 0 Å². The molecule has 3 aromatic carbocycles. The van der Waals surface area contributed by atoms with Crippen molar-refractivity contribution in [3.63, 3.8) is 0 Å². The first kappa shape index (κ1) is 24.6. The molecule has 0 radical (unpaired) electrons. The molecule has 0 saturated carbocycles. The van der Waals surface area contributed by atoms with Gasteiger partial charge < -0.3 is 25.6 Å². The van der Waals surface area contributed by atoms with Crippen LogP contribution in [-0.2, 0) is 6.54 Å². The normalized spacial score (nSPS) is 11.3. The van der Waals surface area contributed by atoms with Gasteiger partial charge in [0.15, 0.2) is 17.1 Å². The molecule has 1 amide bonds. The van der Waals surface area contributed by atoms with Gasteiger partial charge in [0.2, 0.25) is 0 Å². The first-order valence-electron chi connectivity index (χ1n) is 12.0. The summed E-state index contributed by atoms with van der Waals surface area (Å²) in [7, 11) is 1.60. The summed E-state index contributed by atoms with van der Waals surface area (Å²) in [5, 5.41) is 17.4. The molecule has 38 heavy (non-hydrogen) atoms. The Bertz CT molecular complexity index is 1660. The summed E-state index contributed by atoms with van der Waals surface area (Å²) in [6.07, 6.45) is 1.55. The van der Waals surface area contributed by atoms with Crippen LogP contribution >= 0.6 is 0 Å². The zero-order chi connectivity index (χ0) is 26.6. The second-order valence-corrected chi connectivity index (χ2v) is 8.39. The Labute approximate surface area is 218 Å². The van der Waals surface area contributed by atoms with Crippen LogP contribution in [0.3, 0.4) is 0 Å². The van der Waals surface area contributed by atoms with Crippen LogP contribution in [0.4, 0.5) is 5.82 Å². The minimum absolute atomic E-state index is 0.0306. The number of aromatic hydroxyl groups is 1. The Hall–Kier alpha value is -5.12. The molecule has 2 aromatic heterocycles. The number of para-hydroxylation sites is 2. The maximum atomic E-state index is 13.4. The summed E-state index contributed by atoms with van der Waals surface area (Å²) in [4.78, 5) is 22.8. The van der Waals surface area contributed by atoms with Crippen LogP contribution < -0.4 is 20.5 Å². The van der Waals surface area contributed by atoms with Crippen molar-refractivity contribution in [2.24, 2.45) is 5.10 Å². The number of aromatic nitrogens is 3. The quantitative estimate of drug-likeness (QED) is 0.267. The highest BCUT2D eigenvalue weighted by molar-refractivity contribution is 6.10. The number of nitrogens with zero attached hydrogens (tertiary/aromatic N) is 4. The van der Waals surface area contributed by atoms with Crippen molar-refractivity contribution in [3.05, 3.63) is 83.4 Å². The smallest absolute Gasteiger partial charge is 0.257 e. The van der Waals surface area contributed by atoms with E-state index >= 15 is 0 Å². The van der Waals surface area contributed by atoms with Crippen LogP contribution in [0.25, 0.3) is 22.2 Å². The van der Waals surface area contributed by atoms with Crippen molar-refractivity contribution in [1.82, 2.24) is 20.0 Å². The van der Waals surface area contributed by atoms with Crippen molar-refractivity contribution in [3.8, 4) is 17.2 Å². The number of ether oxygens (including phenoxy) is 2. The Kier molecular flexibility index (Phi) is 6.77. The number of anilines is 1. The summed E-state index contributed by atoms with van der Waals surface area (Å²) in [5.74, 6) is 0.802. The summed E-state index contributed by atoms with van der Waals surface area (Å²) >= 11 is 0. The molecule has 0 bridgehead atoms. The van der Waals surface area contributed by atoms with E-state index in [0.29, 0.717) is 40.1 Å². The van der Waals surface area contributed by atoms with E-state index in [1.807, 2.05) is 55.5 Å². The lowest BCUT2D eigenvalue weighted by atomic mass is 10.2. The predicted octanol–water partition coefficient (Wildman–Crippen LogP) is 4.09. The number of nitrogens with one attached hydrogen (secondary N) is 1. The topological polar surface area (TPSA) is 137 Å². The Morgan fingerprint density at radius 3 is 2.55 bits per heavy atom. The molecule has 0 saturated heterocycles. The van der Waals surface area contributed by atoms with Gasteiger partial charge in [0, 0.05) is 6.54 Å². The second kappa shape index (κ2) is 10.5. The van der Waals surface area contributed by atoms with Crippen LogP contribution in [0.5, 0.6) is 17.2 Å². The monoisotopic (exact) mass is 510 g/mol. The van der Waals surface area contributed by atoms with Gasteiger partial charge in [0.05, 0.1) is 31.0 Å². The van der Waals surface area contributed by atoms with Gasteiger partial charge in [-0.1, -0.05) is 24.3 Å². The molecule has 0 aliphatic carbocycles. The lowest BCUT2D eigenvalue weighted by Gasteiger charge is -2.07. The van der Waals surface area contributed by atoms with Gasteiger partial charge in [-0.05, 0) is 60.5 Å². The van der Waals surface area contributed by atoms with E-state index in [4.69, 9.17) is 25.2 Å². The fraction of sp³-hybridized carbons (Fsp3) is 0.143. The van der Waals surface area contributed by atoms with Crippen LogP contribution in [0.2, 0.25) is 0 Å². The summed E-state index contributed by atoms with van der Waals surface area (Å²) in [6.45, 7) is 2.52. The highest BCUT2D eigenvalue weighted by Gasteiger charge is 2.24. The van der Waals surface area contributed by atoms with Crippen molar-refractivity contribution < 1.29 is 19.4 Å². The zero-order valence-electron chi connectivity index (χ0n) is 20.9. The first-order chi connectivity index (χ1) is 18.5. The number of amides is 1. The van der Waals surface area contributed by atoms with Gasteiger partial charge in [-0.2, -0.15) is 9.78 Å². The number of methoxy groups -OCH3 is 1. The molecule has 0 aliphatic heterocycles.